The van der Waals surface area contributed by atoms with Gasteiger partial charge in [-0.3, -0.25) is 0 Å². The van der Waals surface area contributed by atoms with Crippen molar-refractivity contribution in [1.82, 2.24) is 0 Å². The van der Waals surface area contributed by atoms with Gasteiger partial charge in [0.1, 0.15) is 0 Å². The Morgan fingerprint density at radius 3 is 3.25 bits per heavy atom. The molecule has 1 aromatic rings. The molecule has 1 heterocycles. The van der Waals surface area contributed by atoms with Crippen molar-refractivity contribution in [3.63, 3.8) is 0 Å². The van der Waals surface area contributed by atoms with Crippen molar-refractivity contribution in [2.45, 2.75) is 38.2 Å². The van der Waals surface area contributed by atoms with E-state index in [1.807, 2.05) is 18.3 Å². The van der Waals surface area contributed by atoms with Crippen LogP contribution in [0.15, 0.2) is 11.4 Å². The number of rotatable bonds is 1. The highest BCUT2D eigenvalue weighted by Gasteiger charge is 2.24. The maximum absolute atomic E-state index is 9.55. The van der Waals surface area contributed by atoms with E-state index in [0.717, 1.165) is 6.42 Å². The van der Waals surface area contributed by atoms with E-state index in [4.69, 9.17) is 0 Å². The molecule has 2 atom stereocenters. The molecule has 12 heavy (non-hydrogen) atoms. The summed E-state index contributed by atoms with van der Waals surface area (Å²) in [6.07, 6.45) is 3.43. The molecular weight excluding hydrogens is 168 g/mol. The van der Waals surface area contributed by atoms with Crippen LogP contribution in [0.1, 0.15) is 36.1 Å². The molecular formula is C10H14OS. The van der Waals surface area contributed by atoms with Crippen LogP contribution in [0.4, 0.5) is 0 Å². The summed E-state index contributed by atoms with van der Waals surface area (Å²) in [6.45, 7) is 1.90. The number of aryl methyl sites for hydroxylation is 1. The zero-order valence-electron chi connectivity index (χ0n) is 7.29. The molecule has 0 saturated heterocycles. The number of fused-ring (bicyclic) bond motifs is 1. The number of aliphatic hydroxyl groups is 1. The van der Waals surface area contributed by atoms with Crippen LogP contribution < -0.4 is 0 Å². The number of hydrogen-bond acceptors (Lipinski definition) is 2. The maximum Gasteiger partial charge on any atom is 0.0581 e. The van der Waals surface area contributed by atoms with E-state index in [1.165, 1.54) is 23.3 Å². The summed E-state index contributed by atoms with van der Waals surface area (Å²) in [4.78, 5) is 1.49. The van der Waals surface area contributed by atoms with Crippen LogP contribution in [0.5, 0.6) is 0 Å². The number of aliphatic hydroxyl groups excluding tert-OH is 1. The summed E-state index contributed by atoms with van der Waals surface area (Å²) in [5.74, 6) is 0.403. The Morgan fingerprint density at radius 2 is 2.50 bits per heavy atom. The van der Waals surface area contributed by atoms with Crippen LogP contribution in [0, 0.1) is 0 Å². The molecule has 1 N–H and O–H groups in total. The fourth-order valence-corrected chi connectivity index (χ4v) is 3.02. The van der Waals surface area contributed by atoms with Gasteiger partial charge < -0.3 is 5.11 Å². The lowest BCUT2D eigenvalue weighted by Crippen LogP contribution is -2.18. The second-order valence-electron chi connectivity index (χ2n) is 3.54. The largest absolute Gasteiger partial charge is 0.393 e. The summed E-state index contributed by atoms with van der Waals surface area (Å²) < 4.78 is 0. The van der Waals surface area contributed by atoms with Crippen molar-refractivity contribution < 1.29 is 5.11 Å². The van der Waals surface area contributed by atoms with Crippen LogP contribution in [0.2, 0.25) is 0 Å². The van der Waals surface area contributed by atoms with Gasteiger partial charge in [-0.1, -0.05) is 0 Å². The molecule has 0 saturated carbocycles. The fraction of sp³-hybridized carbons (Fsp3) is 0.600. The smallest absolute Gasteiger partial charge is 0.0581 e. The third kappa shape index (κ3) is 1.29. The maximum atomic E-state index is 9.55. The Morgan fingerprint density at radius 1 is 1.67 bits per heavy atom. The number of hydrogen-bond donors (Lipinski definition) is 1. The predicted molar refractivity (Wildman–Crippen MR) is 51.7 cm³/mol. The highest BCUT2D eigenvalue weighted by molar-refractivity contribution is 7.10. The molecule has 1 aliphatic carbocycles. The lowest BCUT2D eigenvalue weighted by Gasteiger charge is -2.24. The average molecular weight is 182 g/mol. The molecule has 0 radical (unpaired) electrons. The van der Waals surface area contributed by atoms with Gasteiger partial charge in [-0.05, 0) is 43.2 Å². The predicted octanol–water partition coefficient (Wildman–Crippen LogP) is 2.55. The Balaban J connectivity index is 2.31. The second-order valence-corrected chi connectivity index (χ2v) is 4.54. The van der Waals surface area contributed by atoms with Crippen LogP contribution in [0.3, 0.4) is 0 Å². The van der Waals surface area contributed by atoms with Crippen molar-refractivity contribution in [2.24, 2.45) is 0 Å². The van der Waals surface area contributed by atoms with Crippen molar-refractivity contribution >= 4 is 11.3 Å². The molecule has 2 unspecified atom stereocenters. The molecule has 1 nitrogen and oxygen atoms in total. The Bertz CT molecular complexity index is 265. The zero-order valence-corrected chi connectivity index (χ0v) is 8.10. The molecule has 66 valence electrons. The molecule has 0 aromatic carbocycles. The molecule has 1 aromatic heterocycles. The van der Waals surface area contributed by atoms with Gasteiger partial charge in [-0.25, -0.2) is 0 Å². The van der Waals surface area contributed by atoms with Crippen molar-refractivity contribution in [1.29, 1.82) is 0 Å². The van der Waals surface area contributed by atoms with Crippen molar-refractivity contribution in [3.8, 4) is 0 Å². The SMILES string of the molecule is CC(O)C1CCCc2sccc21. The minimum Gasteiger partial charge on any atom is -0.393 e. The summed E-state index contributed by atoms with van der Waals surface area (Å²) in [6, 6.07) is 2.18. The summed E-state index contributed by atoms with van der Waals surface area (Å²) in [5.41, 5.74) is 1.40. The molecule has 2 heteroatoms. The zero-order chi connectivity index (χ0) is 8.55. The van der Waals surface area contributed by atoms with E-state index in [2.05, 4.69) is 11.4 Å². The van der Waals surface area contributed by atoms with E-state index >= 15 is 0 Å². The first kappa shape index (κ1) is 8.27. The quantitative estimate of drug-likeness (QED) is 0.707. The van der Waals surface area contributed by atoms with E-state index < -0.39 is 0 Å². The van der Waals surface area contributed by atoms with Gasteiger partial charge >= 0.3 is 0 Å². The minimum atomic E-state index is -0.182. The first-order chi connectivity index (χ1) is 5.79. The monoisotopic (exact) mass is 182 g/mol. The van der Waals surface area contributed by atoms with E-state index in [9.17, 15) is 5.11 Å². The van der Waals surface area contributed by atoms with E-state index in [1.54, 1.807) is 0 Å². The second kappa shape index (κ2) is 3.19. The lowest BCUT2D eigenvalue weighted by atomic mass is 9.84. The lowest BCUT2D eigenvalue weighted by molar-refractivity contribution is 0.153. The Kier molecular flexibility index (Phi) is 2.20. The van der Waals surface area contributed by atoms with Crippen LogP contribution >= 0.6 is 11.3 Å². The fourth-order valence-electron chi connectivity index (χ4n) is 2.02. The molecule has 0 amide bonds. The van der Waals surface area contributed by atoms with Crippen LogP contribution in [0.25, 0.3) is 0 Å². The summed E-state index contributed by atoms with van der Waals surface area (Å²) in [5, 5.41) is 11.7. The van der Waals surface area contributed by atoms with Gasteiger partial charge in [0.2, 0.25) is 0 Å². The van der Waals surface area contributed by atoms with E-state index in [0.29, 0.717) is 5.92 Å². The molecule has 1 aliphatic rings. The topological polar surface area (TPSA) is 20.2 Å². The van der Waals surface area contributed by atoms with Crippen LogP contribution in [-0.2, 0) is 6.42 Å². The highest BCUT2D eigenvalue weighted by atomic mass is 32.1. The molecule has 0 fully saturated rings. The first-order valence-electron chi connectivity index (χ1n) is 4.53. The third-order valence-electron chi connectivity index (χ3n) is 2.68. The standard InChI is InChI=1S/C10H14OS/c1-7(11)8-3-2-4-10-9(8)5-6-12-10/h5-8,11H,2-4H2,1H3. The van der Waals surface area contributed by atoms with Gasteiger partial charge in [0.25, 0.3) is 0 Å². The van der Waals surface area contributed by atoms with E-state index in [-0.39, 0.29) is 6.10 Å². The van der Waals surface area contributed by atoms with Crippen molar-refractivity contribution in [3.05, 3.63) is 21.9 Å². The van der Waals surface area contributed by atoms with Gasteiger partial charge in [-0.15, -0.1) is 11.3 Å². The normalized spacial score (nSPS) is 25.0. The van der Waals surface area contributed by atoms with Crippen molar-refractivity contribution in [2.75, 3.05) is 0 Å². The molecule has 2 rings (SSSR count). The van der Waals surface area contributed by atoms with Gasteiger partial charge in [0.05, 0.1) is 6.10 Å². The molecule has 0 bridgehead atoms. The average Bonchev–Trinajstić information content (AvgIpc) is 2.49. The number of thiophene rings is 1. The van der Waals surface area contributed by atoms with Gasteiger partial charge in [0, 0.05) is 10.8 Å². The Hall–Kier alpha value is -0.340. The minimum absolute atomic E-state index is 0.182. The van der Waals surface area contributed by atoms with Crippen LogP contribution in [-0.4, -0.2) is 11.2 Å². The third-order valence-corrected chi connectivity index (χ3v) is 3.68. The molecule has 0 spiro atoms. The van der Waals surface area contributed by atoms with Gasteiger partial charge in [-0.2, -0.15) is 0 Å². The van der Waals surface area contributed by atoms with Gasteiger partial charge in [0.15, 0.2) is 0 Å². The Labute approximate surface area is 77.0 Å². The first-order valence-corrected chi connectivity index (χ1v) is 5.41. The molecule has 0 aliphatic heterocycles. The summed E-state index contributed by atoms with van der Waals surface area (Å²) in [7, 11) is 0. The highest BCUT2D eigenvalue weighted by Crippen LogP contribution is 2.36. The summed E-state index contributed by atoms with van der Waals surface area (Å²) >= 11 is 1.84.